The highest BCUT2D eigenvalue weighted by molar-refractivity contribution is 6.42. The molecule has 8 heteroatoms. The van der Waals surface area contributed by atoms with E-state index in [1.165, 1.54) is 0 Å². The van der Waals surface area contributed by atoms with Crippen LogP contribution in [0.3, 0.4) is 0 Å². The van der Waals surface area contributed by atoms with E-state index in [2.05, 4.69) is 15.8 Å². The van der Waals surface area contributed by atoms with Gasteiger partial charge in [-0.1, -0.05) is 40.9 Å². The van der Waals surface area contributed by atoms with Gasteiger partial charge in [0.2, 0.25) is 0 Å². The molecule has 0 unspecified atom stereocenters. The number of amides is 2. The molecule has 0 bridgehead atoms. The maximum absolute atomic E-state index is 12.8. The lowest BCUT2D eigenvalue weighted by atomic mass is 9.93. The predicted molar refractivity (Wildman–Crippen MR) is 126 cm³/mol. The van der Waals surface area contributed by atoms with Crippen molar-refractivity contribution in [2.24, 2.45) is 5.10 Å². The summed E-state index contributed by atoms with van der Waals surface area (Å²) in [6.07, 6.45) is 2.18. The van der Waals surface area contributed by atoms with Crippen molar-refractivity contribution in [2.75, 3.05) is 5.32 Å². The number of anilines is 1. The lowest BCUT2D eigenvalue weighted by Gasteiger charge is -2.13. The van der Waals surface area contributed by atoms with E-state index in [-0.39, 0.29) is 11.7 Å². The standard InChI is InChI=1S/C24H21Cl2N3O3/c1-13-5-3-6-15(11-13)23(30)29-28-19-7-4-8-20-21(19)14(2)22(32-20)24(31)27-16-9-10-17(25)18(26)12-16/h3,5-6,9-12H,4,7-8H2,1-2H3,(H,27,31)(H,29,30)/b28-19+. The first-order valence-electron chi connectivity index (χ1n) is 10.2. The summed E-state index contributed by atoms with van der Waals surface area (Å²) in [6, 6.07) is 12.2. The van der Waals surface area contributed by atoms with Crippen LogP contribution in [0.4, 0.5) is 5.69 Å². The molecule has 0 atom stereocenters. The van der Waals surface area contributed by atoms with Gasteiger partial charge < -0.3 is 9.73 Å². The number of fused-ring (bicyclic) bond motifs is 1. The number of furan rings is 1. The monoisotopic (exact) mass is 469 g/mol. The zero-order chi connectivity index (χ0) is 22.8. The molecule has 0 aliphatic heterocycles. The van der Waals surface area contributed by atoms with Crippen molar-refractivity contribution in [3.63, 3.8) is 0 Å². The highest BCUT2D eigenvalue weighted by Gasteiger charge is 2.28. The number of carbonyl (C=O) groups is 2. The highest BCUT2D eigenvalue weighted by Crippen LogP contribution is 2.31. The van der Waals surface area contributed by atoms with Crippen molar-refractivity contribution in [3.05, 3.63) is 86.3 Å². The van der Waals surface area contributed by atoms with Crippen LogP contribution in [0.5, 0.6) is 0 Å². The van der Waals surface area contributed by atoms with Crippen molar-refractivity contribution < 1.29 is 14.0 Å². The van der Waals surface area contributed by atoms with E-state index in [1.54, 1.807) is 30.3 Å². The molecule has 0 fully saturated rings. The van der Waals surface area contributed by atoms with Gasteiger partial charge in [0.1, 0.15) is 5.76 Å². The Morgan fingerprint density at radius 3 is 2.56 bits per heavy atom. The molecule has 32 heavy (non-hydrogen) atoms. The molecular weight excluding hydrogens is 449 g/mol. The fraction of sp³-hybridized carbons (Fsp3) is 0.208. The van der Waals surface area contributed by atoms with Gasteiger partial charge in [0.05, 0.1) is 15.8 Å². The molecular formula is C24H21Cl2N3O3. The fourth-order valence-electron chi connectivity index (χ4n) is 3.73. The number of halogens is 2. The third kappa shape index (κ3) is 4.56. The number of hydrazone groups is 1. The molecule has 2 N–H and O–H groups in total. The topological polar surface area (TPSA) is 83.7 Å². The predicted octanol–water partition coefficient (Wildman–Crippen LogP) is 5.93. The average molecular weight is 470 g/mol. The smallest absolute Gasteiger partial charge is 0.291 e. The van der Waals surface area contributed by atoms with Crippen molar-refractivity contribution in [1.82, 2.24) is 5.43 Å². The van der Waals surface area contributed by atoms with Gasteiger partial charge in [-0.05, 0) is 57.0 Å². The fourth-order valence-corrected chi connectivity index (χ4v) is 4.03. The Bertz CT molecular complexity index is 1250. The summed E-state index contributed by atoms with van der Waals surface area (Å²) >= 11 is 12.0. The number of benzene rings is 2. The van der Waals surface area contributed by atoms with E-state index in [0.29, 0.717) is 51.2 Å². The van der Waals surface area contributed by atoms with E-state index < -0.39 is 5.91 Å². The number of nitrogens with one attached hydrogen (secondary N) is 2. The van der Waals surface area contributed by atoms with Gasteiger partial charge in [-0.2, -0.15) is 5.10 Å². The maximum atomic E-state index is 12.8. The van der Waals surface area contributed by atoms with Gasteiger partial charge >= 0.3 is 0 Å². The number of nitrogens with zero attached hydrogens (tertiary/aromatic N) is 1. The highest BCUT2D eigenvalue weighted by atomic mass is 35.5. The normalized spacial score (nSPS) is 14.2. The summed E-state index contributed by atoms with van der Waals surface area (Å²) < 4.78 is 5.90. The van der Waals surface area contributed by atoms with Gasteiger partial charge in [0.15, 0.2) is 5.76 Å². The molecule has 164 valence electrons. The van der Waals surface area contributed by atoms with Crippen LogP contribution in [0.1, 0.15) is 56.2 Å². The third-order valence-electron chi connectivity index (χ3n) is 5.28. The first-order chi connectivity index (χ1) is 15.3. The largest absolute Gasteiger partial charge is 0.455 e. The van der Waals surface area contributed by atoms with Crippen molar-refractivity contribution in [1.29, 1.82) is 0 Å². The summed E-state index contributed by atoms with van der Waals surface area (Å²) in [7, 11) is 0. The minimum Gasteiger partial charge on any atom is -0.455 e. The van der Waals surface area contributed by atoms with E-state index >= 15 is 0 Å². The minimum atomic E-state index is -0.390. The lowest BCUT2D eigenvalue weighted by molar-refractivity contribution is 0.0953. The summed E-state index contributed by atoms with van der Waals surface area (Å²) in [6.45, 7) is 3.74. The van der Waals surface area contributed by atoms with Crippen molar-refractivity contribution >= 4 is 46.4 Å². The van der Waals surface area contributed by atoms with Crippen LogP contribution >= 0.6 is 23.2 Å². The van der Waals surface area contributed by atoms with Gasteiger partial charge in [0.25, 0.3) is 11.8 Å². The molecule has 0 saturated carbocycles. The van der Waals surface area contributed by atoms with Crippen LogP contribution in [0.25, 0.3) is 0 Å². The molecule has 1 heterocycles. The van der Waals surface area contributed by atoms with Crippen LogP contribution in [0, 0.1) is 13.8 Å². The molecule has 0 saturated heterocycles. The zero-order valence-corrected chi connectivity index (χ0v) is 19.1. The molecule has 1 aliphatic rings. The van der Waals surface area contributed by atoms with Gasteiger partial charge in [-0.3, -0.25) is 9.59 Å². The molecule has 2 amide bonds. The Kier molecular flexibility index (Phi) is 6.35. The van der Waals surface area contributed by atoms with Crippen LogP contribution in [-0.2, 0) is 6.42 Å². The molecule has 1 aromatic heterocycles. The molecule has 4 rings (SSSR count). The summed E-state index contributed by atoms with van der Waals surface area (Å²) in [5.74, 6) is 0.225. The van der Waals surface area contributed by atoms with Crippen molar-refractivity contribution in [2.45, 2.75) is 33.1 Å². The second kappa shape index (κ2) is 9.18. The first-order valence-corrected chi connectivity index (χ1v) is 10.9. The number of hydrogen-bond donors (Lipinski definition) is 2. The van der Waals surface area contributed by atoms with E-state index in [0.717, 1.165) is 17.5 Å². The molecule has 2 aromatic carbocycles. The molecule has 6 nitrogen and oxygen atoms in total. The Balaban J connectivity index is 1.57. The van der Waals surface area contributed by atoms with Crippen LogP contribution < -0.4 is 10.7 Å². The number of carbonyl (C=O) groups excluding carboxylic acids is 2. The minimum absolute atomic E-state index is 0.209. The zero-order valence-electron chi connectivity index (χ0n) is 17.6. The summed E-state index contributed by atoms with van der Waals surface area (Å²) in [5.41, 5.74) is 6.83. The van der Waals surface area contributed by atoms with E-state index in [9.17, 15) is 9.59 Å². The maximum Gasteiger partial charge on any atom is 0.291 e. The molecule has 1 aliphatic carbocycles. The Morgan fingerprint density at radius 1 is 1.00 bits per heavy atom. The quantitative estimate of drug-likeness (QED) is 0.464. The number of rotatable bonds is 4. The van der Waals surface area contributed by atoms with Gasteiger partial charge in [-0.15, -0.1) is 0 Å². The average Bonchev–Trinajstić information content (AvgIpc) is 3.12. The van der Waals surface area contributed by atoms with Crippen LogP contribution in [0.15, 0.2) is 52.0 Å². The lowest BCUT2D eigenvalue weighted by Crippen LogP contribution is -2.22. The second-order valence-corrected chi connectivity index (χ2v) is 8.47. The SMILES string of the molecule is Cc1cccc(C(=O)N/N=C2\CCCc3oc(C(=O)Nc4ccc(Cl)c(Cl)c4)c(C)c32)c1. The van der Waals surface area contributed by atoms with E-state index in [1.807, 2.05) is 26.0 Å². The number of aryl methyl sites for hydroxylation is 2. The van der Waals surface area contributed by atoms with Crippen LogP contribution in [0.2, 0.25) is 10.0 Å². The summed E-state index contributed by atoms with van der Waals surface area (Å²) in [5, 5.41) is 7.90. The Labute approximate surface area is 195 Å². The Hall–Kier alpha value is -3.09. The van der Waals surface area contributed by atoms with Crippen molar-refractivity contribution in [3.8, 4) is 0 Å². The first kappa shape index (κ1) is 22.1. The molecule has 3 aromatic rings. The number of hydrogen-bond acceptors (Lipinski definition) is 4. The van der Waals surface area contributed by atoms with Gasteiger partial charge in [0, 0.05) is 28.8 Å². The summed E-state index contributed by atoms with van der Waals surface area (Å²) in [4.78, 5) is 25.3. The van der Waals surface area contributed by atoms with Crippen LogP contribution in [-0.4, -0.2) is 17.5 Å². The molecule has 0 spiro atoms. The molecule has 0 radical (unpaired) electrons. The third-order valence-corrected chi connectivity index (χ3v) is 6.02. The van der Waals surface area contributed by atoms with Gasteiger partial charge in [-0.25, -0.2) is 5.43 Å². The van der Waals surface area contributed by atoms with E-state index in [4.69, 9.17) is 27.6 Å². The second-order valence-electron chi connectivity index (χ2n) is 7.66. The Morgan fingerprint density at radius 2 is 1.81 bits per heavy atom.